The fourth-order valence-electron chi connectivity index (χ4n) is 1.12. The minimum absolute atomic E-state index is 0.0203. The molecule has 0 aliphatic carbocycles. The van der Waals surface area contributed by atoms with Crippen LogP contribution in [0.2, 0.25) is 0 Å². The van der Waals surface area contributed by atoms with Gasteiger partial charge in [-0.15, -0.1) is 11.6 Å². The molecule has 15 heavy (non-hydrogen) atoms. The maximum absolute atomic E-state index is 12.4. The molecule has 0 aromatic carbocycles. The molecule has 2 N–H and O–H groups in total. The van der Waals surface area contributed by atoms with Crippen LogP contribution >= 0.6 is 11.6 Å². The van der Waals surface area contributed by atoms with E-state index in [1.807, 2.05) is 6.07 Å². The van der Waals surface area contributed by atoms with Gasteiger partial charge in [-0.2, -0.15) is 5.26 Å². The molecule has 0 unspecified atom stereocenters. The monoisotopic (exact) mass is 231 g/mol. The average Bonchev–Trinajstić information content (AvgIpc) is 2.21. The van der Waals surface area contributed by atoms with E-state index in [2.05, 4.69) is 4.98 Å². The zero-order valence-electron chi connectivity index (χ0n) is 7.67. The molecule has 80 valence electrons. The summed E-state index contributed by atoms with van der Waals surface area (Å²) >= 11 is 5.55. The van der Waals surface area contributed by atoms with Crippen molar-refractivity contribution in [2.45, 2.75) is 18.7 Å². The highest BCUT2D eigenvalue weighted by molar-refractivity contribution is 6.17. The largest absolute Gasteiger partial charge is 0.397 e. The molecule has 0 aliphatic heterocycles. The Morgan fingerprint density at radius 3 is 2.73 bits per heavy atom. The maximum Gasteiger partial charge on any atom is 0.280 e. The van der Waals surface area contributed by atoms with Gasteiger partial charge >= 0.3 is 0 Å². The van der Waals surface area contributed by atoms with E-state index in [9.17, 15) is 8.78 Å². The van der Waals surface area contributed by atoms with E-state index in [-0.39, 0.29) is 23.7 Å². The molecule has 3 nitrogen and oxygen atoms in total. The first-order chi connectivity index (χ1) is 7.10. The molecule has 0 saturated carbocycles. The van der Waals surface area contributed by atoms with Crippen molar-refractivity contribution in [1.82, 2.24) is 4.98 Å². The van der Waals surface area contributed by atoms with Crippen LogP contribution in [0.1, 0.15) is 23.4 Å². The highest BCUT2D eigenvalue weighted by Crippen LogP contribution is 2.25. The topological polar surface area (TPSA) is 62.7 Å². The minimum Gasteiger partial charge on any atom is -0.397 e. The molecular weight excluding hydrogens is 224 g/mol. The summed E-state index contributed by atoms with van der Waals surface area (Å²) in [6.45, 7) is 0. The second kappa shape index (κ2) is 4.89. The Kier molecular flexibility index (Phi) is 3.81. The van der Waals surface area contributed by atoms with Gasteiger partial charge in [-0.05, 0) is 11.6 Å². The van der Waals surface area contributed by atoms with Gasteiger partial charge in [0, 0.05) is 5.88 Å². The Hall–Kier alpha value is -1.41. The Balaban J connectivity index is 3.26. The van der Waals surface area contributed by atoms with Gasteiger partial charge in [-0.3, -0.25) is 0 Å². The molecule has 0 aliphatic rings. The SMILES string of the molecule is N#CCc1nc(C(F)F)cc(CCl)c1N. The molecule has 0 spiro atoms. The van der Waals surface area contributed by atoms with Crippen LogP contribution in [0.15, 0.2) is 6.07 Å². The molecule has 1 aromatic rings. The summed E-state index contributed by atoms with van der Waals surface area (Å²) < 4.78 is 24.8. The number of nitrogen functional groups attached to an aromatic ring is 1. The molecule has 1 aromatic heterocycles. The maximum atomic E-state index is 12.4. The Morgan fingerprint density at radius 1 is 1.60 bits per heavy atom. The number of aromatic nitrogens is 1. The number of nitrogens with zero attached hydrogens (tertiary/aromatic N) is 2. The summed E-state index contributed by atoms with van der Waals surface area (Å²) in [4.78, 5) is 3.61. The summed E-state index contributed by atoms with van der Waals surface area (Å²) in [7, 11) is 0. The standard InChI is InChI=1S/C9H8ClF2N3/c10-4-5-3-7(9(11)12)15-6(1-2-13)8(5)14/h3,9H,1,4,14H2. The van der Waals surface area contributed by atoms with E-state index < -0.39 is 12.1 Å². The molecule has 0 amide bonds. The van der Waals surface area contributed by atoms with Crippen LogP contribution in [0.4, 0.5) is 14.5 Å². The van der Waals surface area contributed by atoms with Gasteiger partial charge in [0.2, 0.25) is 0 Å². The number of alkyl halides is 3. The zero-order valence-corrected chi connectivity index (χ0v) is 8.43. The van der Waals surface area contributed by atoms with Gasteiger partial charge in [0.05, 0.1) is 23.9 Å². The molecule has 0 fully saturated rings. The predicted octanol–water partition coefficient (Wildman–Crippen LogP) is 2.41. The molecule has 1 heterocycles. The first-order valence-electron chi connectivity index (χ1n) is 4.09. The summed E-state index contributed by atoms with van der Waals surface area (Å²) in [6, 6.07) is 2.97. The fraction of sp³-hybridized carbons (Fsp3) is 0.333. The number of nitrogens with two attached hydrogens (primary N) is 1. The van der Waals surface area contributed by atoms with Gasteiger partial charge in [0.25, 0.3) is 6.43 Å². The van der Waals surface area contributed by atoms with Crippen molar-refractivity contribution in [1.29, 1.82) is 5.26 Å². The smallest absolute Gasteiger partial charge is 0.280 e. The molecule has 0 bridgehead atoms. The predicted molar refractivity (Wildman–Crippen MR) is 52.5 cm³/mol. The van der Waals surface area contributed by atoms with E-state index in [1.54, 1.807) is 0 Å². The third-order valence-corrected chi connectivity index (χ3v) is 2.15. The van der Waals surface area contributed by atoms with Crippen molar-refractivity contribution in [3.05, 3.63) is 23.0 Å². The van der Waals surface area contributed by atoms with Crippen molar-refractivity contribution in [3.8, 4) is 6.07 Å². The number of nitriles is 1. The number of hydrogen-bond donors (Lipinski definition) is 1. The quantitative estimate of drug-likeness (QED) is 0.813. The summed E-state index contributed by atoms with van der Waals surface area (Å²) in [5.74, 6) is 0.0203. The summed E-state index contributed by atoms with van der Waals surface area (Å²) in [6.07, 6.45) is -2.79. The highest BCUT2D eigenvalue weighted by atomic mass is 35.5. The minimum atomic E-state index is -2.69. The lowest BCUT2D eigenvalue weighted by atomic mass is 10.1. The summed E-state index contributed by atoms with van der Waals surface area (Å²) in [5.41, 5.74) is 5.97. The molecule has 6 heteroatoms. The summed E-state index contributed by atoms with van der Waals surface area (Å²) in [5, 5.41) is 8.47. The van der Waals surface area contributed by atoms with Gasteiger partial charge < -0.3 is 5.73 Å². The van der Waals surface area contributed by atoms with Crippen LogP contribution in [-0.2, 0) is 12.3 Å². The number of anilines is 1. The molecule has 0 atom stereocenters. The average molecular weight is 232 g/mol. The first-order valence-corrected chi connectivity index (χ1v) is 4.62. The molecular formula is C9H8ClF2N3. The van der Waals surface area contributed by atoms with Gasteiger partial charge in [0.15, 0.2) is 0 Å². The van der Waals surface area contributed by atoms with Gasteiger partial charge in [-0.25, -0.2) is 13.8 Å². The van der Waals surface area contributed by atoms with Gasteiger partial charge in [-0.1, -0.05) is 0 Å². The van der Waals surface area contributed by atoms with E-state index in [1.165, 1.54) is 0 Å². The van der Waals surface area contributed by atoms with E-state index in [4.69, 9.17) is 22.6 Å². The van der Waals surface area contributed by atoms with Crippen molar-refractivity contribution >= 4 is 17.3 Å². The molecule has 0 radical (unpaired) electrons. The van der Waals surface area contributed by atoms with E-state index in [0.29, 0.717) is 5.56 Å². The third kappa shape index (κ3) is 2.54. The Labute approximate surface area is 90.5 Å². The van der Waals surface area contributed by atoms with Crippen molar-refractivity contribution in [2.75, 3.05) is 5.73 Å². The van der Waals surface area contributed by atoms with E-state index >= 15 is 0 Å². The first kappa shape index (κ1) is 11.7. The lowest BCUT2D eigenvalue weighted by molar-refractivity contribution is 0.146. The van der Waals surface area contributed by atoms with Crippen molar-refractivity contribution < 1.29 is 8.78 Å². The second-order valence-electron chi connectivity index (χ2n) is 2.84. The fourth-order valence-corrected chi connectivity index (χ4v) is 1.34. The van der Waals surface area contributed by atoms with Crippen LogP contribution in [0.3, 0.4) is 0 Å². The van der Waals surface area contributed by atoms with Crippen LogP contribution in [0.25, 0.3) is 0 Å². The Morgan fingerprint density at radius 2 is 2.27 bits per heavy atom. The number of halogens is 3. The lowest BCUT2D eigenvalue weighted by Crippen LogP contribution is -2.05. The van der Waals surface area contributed by atoms with Crippen LogP contribution < -0.4 is 5.73 Å². The van der Waals surface area contributed by atoms with Crippen LogP contribution in [0.5, 0.6) is 0 Å². The van der Waals surface area contributed by atoms with Crippen molar-refractivity contribution in [3.63, 3.8) is 0 Å². The lowest BCUT2D eigenvalue weighted by Gasteiger charge is -2.09. The molecule has 1 rings (SSSR count). The van der Waals surface area contributed by atoms with E-state index in [0.717, 1.165) is 6.07 Å². The Bertz CT molecular complexity index is 401. The second-order valence-corrected chi connectivity index (χ2v) is 3.10. The molecule has 0 saturated heterocycles. The third-order valence-electron chi connectivity index (χ3n) is 1.86. The zero-order chi connectivity index (χ0) is 11.4. The van der Waals surface area contributed by atoms with Crippen LogP contribution in [-0.4, -0.2) is 4.98 Å². The van der Waals surface area contributed by atoms with Crippen molar-refractivity contribution in [2.24, 2.45) is 0 Å². The number of hydrogen-bond acceptors (Lipinski definition) is 3. The van der Waals surface area contributed by atoms with Crippen LogP contribution in [0, 0.1) is 11.3 Å². The normalized spacial score (nSPS) is 10.3. The number of rotatable bonds is 3. The van der Waals surface area contributed by atoms with Gasteiger partial charge in [0.1, 0.15) is 5.69 Å². The highest BCUT2D eigenvalue weighted by Gasteiger charge is 2.15. The number of pyridine rings is 1.